The van der Waals surface area contributed by atoms with E-state index >= 15 is 0 Å². The highest BCUT2D eigenvalue weighted by molar-refractivity contribution is 9.11. The van der Waals surface area contributed by atoms with Crippen LogP contribution in [0.5, 0.6) is 11.5 Å². The van der Waals surface area contributed by atoms with Crippen LogP contribution in [0.15, 0.2) is 45.3 Å². The molecule has 0 spiro atoms. The average molecular weight is 415 g/mol. The molecule has 0 radical (unpaired) electrons. The molecule has 21 heavy (non-hydrogen) atoms. The van der Waals surface area contributed by atoms with Crippen molar-refractivity contribution in [1.29, 1.82) is 0 Å². The first-order chi connectivity index (χ1) is 10.1. The van der Waals surface area contributed by atoms with Crippen LogP contribution in [0.25, 0.3) is 0 Å². The zero-order valence-corrected chi connectivity index (χ0v) is 15.1. The van der Waals surface area contributed by atoms with Crippen LogP contribution in [0.3, 0.4) is 0 Å². The van der Waals surface area contributed by atoms with Gasteiger partial charge in [-0.2, -0.15) is 0 Å². The Morgan fingerprint density at radius 3 is 2.38 bits per heavy atom. The highest BCUT2D eigenvalue weighted by Gasteiger charge is 2.07. The third-order valence-corrected chi connectivity index (χ3v) is 4.23. The first kappa shape index (κ1) is 16.2. The lowest BCUT2D eigenvalue weighted by atomic mass is 10.2. The number of hydrogen-bond donors (Lipinski definition) is 1. The predicted molar refractivity (Wildman–Crippen MR) is 93.3 cm³/mol. The molecule has 3 nitrogen and oxygen atoms in total. The standard InChI is InChI=1S/C16H17Br2NO2/c1-3-21-12-6-4-11(5-7-12)10-19-15-9-16(20-2)14(18)8-13(15)17/h4-9,19H,3,10H2,1-2H3. The summed E-state index contributed by atoms with van der Waals surface area (Å²) in [6, 6.07) is 12.0. The molecule has 0 unspecified atom stereocenters. The van der Waals surface area contributed by atoms with Crippen molar-refractivity contribution in [3.05, 3.63) is 50.9 Å². The fraction of sp³-hybridized carbons (Fsp3) is 0.250. The van der Waals surface area contributed by atoms with Crippen LogP contribution in [0.2, 0.25) is 0 Å². The predicted octanol–water partition coefficient (Wildman–Crippen LogP) is 5.23. The first-order valence-electron chi connectivity index (χ1n) is 6.62. The van der Waals surface area contributed by atoms with Crippen LogP contribution < -0.4 is 14.8 Å². The number of halogens is 2. The Balaban J connectivity index is 2.05. The second-order valence-electron chi connectivity index (χ2n) is 4.40. The van der Waals surface area contributed by atoms with Crippen molar-refractivity contribution >= 4 is 37.5 Å². The minimum atomic E-state index is 0.684. The third kappa shape index (κ3) is 4.38. The van der Waals surface area contributed by atoms with E-state index in [0.29, 0.717) is 6.61 Å². The van der Waals surface area contributed by atoms with Crippen molar-refractivity contribution in [3.8, 4) is 11.5 Å². The lowest BCUT2D eigenvalue weighted by molar-refractivity contribution is 0.340. The molecule has 0 atom stereocenters. The van der Waals surface area contributed by atoms with Gasteiger partial charge < -0.3 is 14.8 Å². The molecule has 0 heterocycles. The number of ether oxygens (including phenoxy) is 2. The van der Waals surface area contributed by atoms with Gasteiger partial charge in [-0.15, -0.1) is 0 Å². The Morgan fingerprint density at radius 1 is 1.05 bits per heavy atom. The Kier molecular flexibility index (Phi) is 5.94. The second-order valence-corrected chi connectivity index (χ2v) is 6.11. The Labute approximate surface area is 141 Å². The van der Waals surface area contributed by atoms with Gasteiger partial charge in [-0.1, -0.05) is 12.1 Å². The largest absolute Gasteiger partial charge is 0.495 e. The molecular formula is C16H17Br2NO2. The number of methoxy groups -OCH3 is 1. The zero-order valence-electron chi connectivity index (χ0n) is 12.0. The van der Waals surface area contributed by atoms with Gasteiger partial charge in [0.15, 0.2) is 0 Å². The molecule has 0 fully saturated rings. The van der Waals surface area contributed by atoms with Crippen molar-refractivity contribution < 1.29 is 9.47 Å². The minimum absolute atomic E-state index is 0.684. The number of hydrogen-bond acceptors (Lipinski definition) is 3. The van der Waals surface area contributed by atoms with Gasteiger partial charge in [0.2, 0.25) is 0 Å². The van der Waals surface area contributed by atoms with Crippen molar-refractivity contribution in [2.75, 3.05) is 19.0 Å². The Morgan fingerprint density at radius 2 is 1.76 bits per heavy atom. The Hall–Kier alpha value is -1.20. The van der Waals surface area contributed by atoms with Crippen LogP contribution in [-0.4, -0.2) is 13.7 Å². The Bertz CT molecular complexity index is 600. The minimum Gasteiger partial charge on any atom is -0.495 e. The van der Waals surface area contributed by atoms with Crippen LogP contribution in [0.1, 0.15) is 12.5 Å². The van der Waals surface area contributed by atoms with E-state index in [1.165, 1.54) is 5.56 Å². The molecular weight excluding hydrogens is 398 g/mol. The lowest BCUT2D eigenvalue weighted by Gasteiger charge is -2.12. The SMILES string of the molecule is CCOc1ccc(CNc2cc(OC)c(Br)cc2Br)cc1. The molecule has 112 valence electrons. The average Bonchev–Trinajstić information content (AvgIpc) is 2.48. The summed E-state index contributed by atoms with van der Waals surface area (Å²) in [7, 11) is 1.66. The van der Waals surface area contributed by atoms with Gasteiger partial charge in [0, 0.05) is 17.1 Å². The molecule has 1 N–H and O–H groups in total. The normalized spacial score (nSPS) is 10.3. The van der Waals surface area contributed by atoms with E-state index in [4.69, 9.17) is 9.47 Å². The number of rotatable bonds is 6. The molecule has 0 aliphatic carbocycles. The summed E-state index contributed by atoms with van der Waals surface area (Å²) in [4.78, 5) is 0. The van der Waals surface area contributed by atoms with Gasteiger partial charge >= 0.3 is 0 Å². The van der Waals surface area contributed by atoms with Crippen molar-refractivity contribution in [1.82, 2.24) is 0 Å². The molecule has 0 bridgehead atoms. The maximum Gasteiger partial charge on any atom is 0.135 e. The fourth-order valence-electron chi connectivity index (χ4n) is 1.89. The summed E-state index contributed by atoms with van der Waals surface area (Å²) >= 11 is 7.01. The molecule has 0 saturated carbocycles. The molecule has 0 aliphatic rings. The molecule has 0 saturated heterocycles. The van der Waals surface area contributed by atoms with Gasteiger partial charge in [-0.3, -0.25) is 0 Å². The van der Waals surface area contributed by atoms with E-state index in [-0.39, 0.29) is 0 Å². The number of benzene rings is 2. The van der Waals surface area contributed by atoms with E-state index in [1.807, 2.05) is 31.2 Å². The monoisotopic (exact) mass is 413 g/mol. The summed E-state index contributed by atoms with van der Waals surface area (Å²) in [6.45, 7) is 3.40. The molecule has 0 aliphatic heterocycles. The van der Waals surface area contributed by atoms with E-state index in [2.05, 4.69) is 49.3 Å². The molecule has 2 rings (SSSR count). The quantitative estimate of drug-likeness (QED) is 0.701. The zero-order chi connectivity index (χ0) is 15.2. The van der Waals surface area contributed by atoms with Gasteiger partial charge in [0.25, 0.3) is 0 Å². The summed E-state index contributed by atoms with van der Waals surface area (Å²) in [5.74, 6) is 1.69. The maximum absolute atomic E-state index is 5.44. The smallest absolute Gasteiger partial charge is 0.135 e. The fourth-order valence-corrected chi connectivity index (χ4v) is 3.18. The summed E-state index contributed by atoms with van der Waals surface area (Å²) in [5, 5.41) is 3.39. The second kappa shape index (κ2) is 7.71. The van der Waals surface area contributed by atoms with Gasteiger partial charge in [0.1, 0.15) is 11.5 Å². The number of anilines is 1. The van der Waals surface area contributed by atoms with Crippen molar-refractivity contribution in [3.63, 3.8) is 0 Å². The van der Waals surface area contributed by atoms with Gasteiger partial charge in [-0.05, 0) is 62.5 Å². The highest BCUT2D eigenvalue weighted by atomic mass is 79.9. The molecule has 0 aromatic heterocycles. The van der Waals surface area contributed by atoms with Crippen LogP contribution in [-0.2, 0) is 6.54 Å². The summed E-state index contributed by atoms with van der Waals surface area (Å²) in [6.07, 6.45) is 0. The summed E-state index contributed by atoms with van der Waals surface area (Å²) in [5.41, 5.74) is 2.18. The van der Waals surface area contributed by atoms with Crippen LogP contribution in [0.4, 0.5) is 5.69 Å². The topological polar surface area (TPSA) is 30.5 Å². The molecule has 0 amide bonds. The van der Waals surface area contributed by atoms with E-state index < -0.39 is 0 Å². The van der Waals surface area contributed by atoms with Crippen molar-refractivity contribution in [2.45, 2.75) is 13.5 Å². The van der Waals surface area contributed by atoms with E-state index in [0.717, 1.165) is 32.7 Å². The van der Waals surface area contributed by atoms with Crippen LogP contribution >= 0.6 is 31.9 Å². The molecule has 5 heteroatoms. The molecule has 2 aromatic rings. The van der Waals surface area contributed by atoms with Gasteiger partial charge in [-0.25, -0.2) is 0 Å². The summed E-state index contributed by atoms with van der Waals surface area (Å²) < 4.78 is 12.7. The van der Waals surface area contributed by atoms with Gasteiger partial charge in [0.05, 0.1) is 23.9 Å². The first-order valence-corrected chi connectivity index (χ1v) is 8.21. The molecule has 2 aromatic carbocycles. The van der Waals surface area contributed by atoms with Crippen LogP contribution in [0, 0.1) is 0 Å². The maximum atomic E-state index is 5.44. The van der Waals surface area contributed by atoms with E-state index in [9.17, 15) is 0 Å². The lowest BCUT2D eigenvalue weighted by Crippen LogP contribution is -2.01. The number of nitrogens with one attached hydrogen (secondary N) is 1. The van der Waals surface area contributed by atoms with E-state index in [1.54, 1.807) is 7.11 Å². The van der Waals surface area contributed by atoms with Crippen molar-refractivity contribution in [2.24, 2.45) is 0 Å². The third-order valence-electron chi connectivity index (χ3n) is 2.96. The highest BCUT2D eigenvalue weighted by Crippen LogP contribution is 2.34.